The molecule has 0 saturated carbocycles. The van der Waals surface area contributed by atoms with Crippen LogP contribution >= 0.6 is 11.8 Å². The fraction of sp³-hybridized carbons (Fsp3) is 0.240. The molecule has 0 radical (unpaired) electrons. The van der Waals surface area contributed by atoms with E-state index in [1.165, 1.54) is 25.6 Å². The molecule has 34 heavy (non-hydrogen) atoms. The van der Waals surface area contributed by atoms with E-state index in [0.717, 1.165) is 22.4 Å². The first-order valence-electron chi connectivity index (χ1n) is 10.6. The molecule has 1 aromatic carbocycles. The Balaban J connectivity index is 1.67. The Hall–Kier alpha value is -3.72. The van der Waals surface area contributed by atoms with Crippen LogP contribution in [0.5, 0.6) is 0 Å². The highest BCUT2D eigenvalue weighted by Crippen LogP contribution is 2.26. The predicted octanol–water partition coefficient (Wildman–Crippen LogP) is 4.53. The van der Waals surface area contributed by atoms with Crippen LogP contribution in [0.2, 0.25) is 0 Å². The van der Waals surface area contributed by atoms with Gasteiger partial charge in [0.1, 0.15) is 10.8 Å². The van der Waals surface area contributed by atoms with Gasteiger partial charge in [-0.2, -0.15) is 0 Å². The van der Waals surface area contributed by atoms with Crippen LogP contribution in [0.3, 0.4) is 0 Å². The fourth-order valence-corrected chi connectivity index (χ4v) is 4.17. The minimum atomic E-state index is -0.927. The monoisotopic (exact) mass is 478 g/mol. The van der Waals surface area contributed by atoms with Gasteiger partial charge >= 0.3 is 5.97 Å². The van der Waals surface area contributed by atoms with E-state index >= 15 is 0 Å². The number of anilines is 2. The summed E-state index contributed by atoms with van der Waals surface area (Å²) in [5, 5.41) is 6.18. The number of rotatable bonds is 8. The Morgan fingerprint density at radius 3 is 2.44 bits per heavy atom. The Labute approximate surface area is 202 Å². The number of ether oxygens (including phenoxy) is 1. The van der Waals surface area contributed by atoms with Crippen LogP contribution in [0.1, 0.15) is 40.9 Å². The van der Waals surface area contributed by atoms with Crippen LogP contribution in [-0.2, 0) is 20.1 Å². The lowest BCUT2D eigenvalue weighted by Crippen LogP contribution is -2.29. The number of esters is 1. The van der Waals surface area contributed by atoms with Gasteiger partial charge in [0.05, 0.1) is 5.56 Å². The van der Waals surface area contributed by atoms with Crippen LogP contribution in [-0.4, -0.2) is 33.9 Å². The van der Waals surface area contributed by atoms with Crippen molar-refractivity contribution in [3.05, 3.63) is 77.1 Å². The molecular weight excluding hydrogens is 452 g/mol. The lowest BCUT2D eigenvalue weighted by Gasteiger charge is -2.12. The third-order valence-electron chi connectivity index (χ3n) is 4.66. The van der Waals surface area contributed by atoms with Gasteiger partial charge in [-0.05, 0) is 73.9 Å². The number of nitrogens with one attached hydrogen (secondary N) is 2. The number of thioether (sulfide) groups is 1. The average molecular weight is 479 g/mol. The van der Waals surface area contributed by atoms with E-state index in [4.69, 9.17) is 4.74 Å². The van der Waals surface area contributed by atoms with Crippen molar-refractivity contribution in [3.8, 4) is 0 Å². The first kappa shape index (κ1) is 24.9. The molecule has 176 valence electrons. The van der Waals surface area contributed by atoms with E-state index in [2.05, 4.69) is 20.6 Å². The Morgan fingerprint density at radius 2 is 1.74 bits per heavy atom. The normalized spacial score (nSPS) is 11.4. The number of hydrogen-bond acceptors (Lipinski definition) is 7. The molecule has 3 aromatic rings. The second-order valence-corrected chi connectivity index (χ2v) is 8.73. The summed E-state index contributed by atoms with van der Waals surface area (Å²) in [4.78, 5) is 44.6. The summed E-state index contributed by atoms with van der Waals surface area (Å²) in [6, 6.07) is 12.9. The third-order valence-corrected chi connectivity index (χ3v) is 5.73. The van der Waals surface area contributed by atoms with E-state index in [9.17, 15) is 14.4 Å². The number of carbonyl (C=O) groups excluding carboxylic acids is 3. The number of nitrogens with zero attached hydrogens (tertiary/aromatic N) is 2. The molecule has 0 bridgehead atoms. The van der Waals surface area contributed by atoms with Gasteiger partial charge in [0, 0.05) is 30.8 Å². The maximum atomic E-state index is 12.9. The molecule has 2 heterocycles. The first-order valence-corrected chi connectivity index (χ1v) is 11.6. The fourth-order valence-electron chi connectivity index (χ4n) is 3.24. The molecule has 0 spiro atoms. The van der Waals surface area contributed by atoms with Crippen LogP contribution < -0.4 is 10.6 Å². The highest BCUT2D eigenvalue weighted by atomic mass is 32.2. The average Bonchev–Trinajstić information content (AvgIpc) is 2.77. The van der Waals surface area contributed by atoms with Crippen molar-refractivity contribution < 1.29 is 19.1 Å². The summed E-state index contributed by atoms with van der Waals surface area (Å²) in [6.07, 6.45) is 2.29. The maximum Gasteiger partial charge on any atom is 0.303 e. The molecule has 0 fully saturated rings. The van der Waals surface area contributed by atoms with Gasteiger partial charge in [-0.25, -0.2) is 9.97 Å². The summed E-state index contributed by atoms with van der Waals surface area (Å²) >= 11 is 1.41. The van der Waals surface area contributed by atoms with Crippen molar-refractivity contribution in [3.63, 3.8) is 0 Å². The van der Waals surface area contributed by atoms with Gasteiger partial charge in [0.2, 0.25) is 0 Å². The van der Waals surface area contributed by atoms with E-state index in [1.54, 1.807) is 30.6 Å². The molecular formula is C25H26N4O4S. The number of pyridine rings is 2. The van der Waals surface area contributed by atoms with E-state index in [-0.39, 0.29) is 5.91 Å². The largest absolute Gasteiger partial charge is 0.453 e. The summed E-state index contributed by atoms with van der Waals surface area (Å²) in [5.41, 5.74) is 4.23. The zero-order valence-electron chi connectivity index (χ0n) is 19.4. The maximum absolute atomic E-state index is 12.9. The SMILES string of the molecule is CC(=O)OC(C)C(=O)Nc1cc(CSc2ncccc2C(=O)Nc2cc(C)cc(C)c2)ccn1. The molecule has 2 aromatic heterocycles. The smallest absolute Gasteiger partial charge is 0.303 e. The van der Waals surface area contributed by atoms with Crippen molar-refractivity contribution in [2.45, 2.75) is 44.6 Å². The Morgan fingerprint density at radius 1 is 1.00 bits per heavy atom. The zero-order valence-corrected chi connectivity index (χ0v) is 20.2. The second-order valence-electron chi connectivity index (χ2n) is 7.77. The van der Waals surface area contributed by atoms with Crippen molar-refractivity contribution in [2.75, 3.05) is 10.6 Å². The Kier molecular flexibility index (Phi) is 8.37. The van der Waals surface area contributed by atoms with Crippen LogP contribution in [0.4, 0.5) is 11.5 Å². The topological polar surface area (TPSA) is 110 Å². The number of benzene rings is 1. The summed E-state index contributed by atoms with van der Waals surface area (Å²) in [7, 11) is 0. The molecule has 0 aliphatic heterocycles. The third kappa shape index (κ3) is 7.14. The van der Waals surface area contributed by atoms with E-state index < -0.39 is 18.0 Å². The standard InChI is InChI=1S/C25H26N4O4S/c1-15-10-16(2)12-20(11-15)28-24(32)21-6-5-8-27-25(21)34-14-19-7-9-26-22(13-19)29-23(31)17(3)33-18(4)30/h5-13,17H,14H2,1-4H3,(H,28,32)(H,26,29,31). The predicted molar refractivity (Wildman–Crippen MR) is 132 cm³/mol. The number of amides is 2. The van der Waals surface area contributed by atoms with Crippen molar-refractivity contribution >= 4 is 41.1 Å². The lowest BCUT2D eigenvalue weighted by molar-refractivity contribution is -0.150. The second kappa shape index (κ2) is 11.4. The number of carbonyl (C=O) groups is 3. The van der Waals surface area contributed by atoms with Gasteiger partial charge in [-0.3, -0.25) is 14.4 Å². The van der Waals surface area contributed by atoms with E-state index in [1.807, 2.05) is 38.1 Å². The summed E-state index contributed by atoms with van der Waals surface area (Å²) < 4.78 is 4.88. The molecule has 2 N–H and O–H groups in total. The molecule has 8 nitrogen and oxygen atoms in total. The highest BCUT2D eigenvalue weighted by molar-refractivity contribution is 7.98. The number of aromatic nitrogens is 2. The van der Waals surface area contributed by atoms with Crippen LogP contribution in [0.25, 0.3) is 0 Å². The summed E-state index contributed by atoms with van der Waals surface area (Å²) in [6.45, 7) is 6.70. The minimum absolute atomic E-state index is 0.234. The molecule has 2 amide bonds. The van der Waals surface area contributed by atoms with Crippen molar-refractivity contribution in [1.29, 1.82) is 0 Å². The van der Waals surface area contributed by atoms with Crippen molar-refractivity contribution in [1.82, 2.24) is 9.97 Å². The summed E-state index contributed by atoms with van der Waals surface area (Å²) in [5.74, 6) is -0.388. The van der Waals surface area contributed by atoms with Gasteiger partial charge in [-0.1, -0.05) is 6.07 Å². The van der Waals surface area contributed by atoms with Gasteiger partial charge < -0.3 is 15.4 Å². The molecule has 9 heteroatoms. The molecule has 3 rings (SSSR count). The molecule has 0 aliphatic rings. The Bertz CT molecular complexity index is 1190. The first-order chi connectivity index (χ1) is 16.2. The minimum Gasteiger partial charge on any atom is -0.453 e. The van der Waals surface area contributed by atoms with Crippen LogP contribution in [0, 0.1) is 13.8 Å². The number of aryl methyl sites for hydroxylation is 2. The quantitative estimate of drug-likeness (QED) is 0.362. The van der Waals surface area contributed by atoms with Crippen molar-refractivity contribution in [2.24, 2.45) is 0 Å². The molecule has 0 aliphatic carbocycles. The van der Waals surface area contributed by atoms with Gasteiger partial charge in [0.15, 0.2) is 6.10 Å². The van der Waals surface area contributed by atoms with Gasteiger partial charge in [0.25, 0.3) is 11.8 Å². The van der Waals surface area contributed by atoms with Gasteiger partial charge in [-0.15, -0.1) is 11.8 Å². The van der Waals surface area contributed by atoms with E-state index in [0.29, 0.717) is 22.2 Å². The molecule has 0 saturated heterocycles. The molecule has 1 unspecified atom stereocenters. The number of hydrogen-bond donors (Lipinski definition) is 2. The highest BCUT2D eigenvalue weighted by Gasteiger charge is 2.17. The molecule has 1 atom stereocenters. The zero-order chi connectivity index (χ0) is 24.7. The van der Waals surface area contributed by atoms with Crippen LogP contribution in [0.15, 0.2) is 59.9 Å². The lowest BCUT2D eigenvalue weighted by atomic mass is 10.1.